The van der Waals surface area contributed by atoms with E-state index in [9.17, 15) is 18.8 Å². The summed E-state index contributed by atoms with van der Waals surface area (Å²) in [6.07, 6.45) is 2.74. The average Bonchev–Trinajstić information content (AvgIpc) is 3.26. The highest BCUT2D eigenvalue weighted by atomic mass is 19.1. The number of carbonyl (C=O) groups is 2. The van der Waals surface area contributed by atoms with Gasteiger partial charge in [0.25, 0.3) is 11.5 Å². The summed E-state index contributed by atoms with van der Waals surface area (Å²) in [6.45, 7) is 1.15. The van der Waals surface area contributed by atoms with E-state index in [1.54, 1.807) is 21.9 Å². The molecule has 29 heavy (non-hydrogen) atoms. The van der Waals surface area contributed by atoms with Gasteiger partial charge in [-0.15, -0.1) is 0 Å². The third kappa shape index (κ3) is 3.53. The lowest BCUT2D eigenvalue weighted by molar-refractivity contribution is -0.136. The van der Waals surface area contributed by atoms with E-state index in [2.05, 4.69) is 9.97 Å². The van der Waals surface area contributed by atoms with Crippen molar-refractivity contribution in [1.82, 2.24) is 19.8 Å². The van der Waals surface area contributed by atoms with Gasteiger partial charge in [-0.3, -0.25) is 14.4 Å². The Bertz CT molecular complexity index is 994. The maximum absolute atomic E-state index is 13.9. The first-order valence-electron chi connectivity index (χ1n) is 9.36. The van der Waals surface area contributed by atoms with Crippen molar-refractivity contribution in [2.24, 2.45) is 11.8 Å². The monoisotopic (exact) mass is 400 g/mol. The zero-order chi connectivity index (χ0) is 20.5. The second-order valence-corrected chi connectivity index (χ2v) is 7.38. The minimum Gasteiger partial charge on any atom is -0.375 e. The van der Waals surface area contributed by atoms with Crippen molar-refractivity contribution in [1.29, 1.82) is 0 Å². The van der Waals surface area contributed by atoms with Gasteiger partial charge in [0.15, 0.2) is 5.69 Å². The van der Waals surface area contributed by atoms with Crippen LogP contribution in [0.4, 0.5) is 4.39 Å². The fourth-order valence-corrected chi connectivity index (χ4v) is 4.45. The van der Waals surface area contributed by atoms with E-state index in [1.807, 2.05) is 0 Å². The van der Waals surface area contributed by atoms with Crippen molar-refractivity contribution in [2.75, 3.05) is 33.4 Å². The molecule has 0 spiro atoms. The Labute approximate surface area is 166 Å². The summed E-state index contributed by atoms with van der Waals surface area (Å²) in [6, 6.07) is 5.82. The number of hydrogen-bond acceptors (Lipinski definition) is 5. The van der Waals surface area contributed by atoms with Gasteiger partial charge in [-0.2, -0.15) is 0 Å². The van der Waals surface area contributed by atoms with E-state index in [4.69, 9.17) is 4.74 Å². The number of fused-ring (bicyclic) bond motifs is 1. The van der Waals surface area contributed by atoms with Crippen molar-refractivity contribution in [3.63, 3.8) is 0 Å². The van der Waals surface area contributed by atoms with Gasteiger partial charge in [0, 0.05) is 51.0 Å². The van der Waals surface area contributed by atoms with Crippen LogP contribution >= 0.6 is 0 Å². The van der Waals surface area contributed by atoms with E-state index in [0.717, 1.165) is 0 Å². The van der Waals surface area contributed by atoms with Crippen LogP contribution in [0.3, 0.4) is 0 Å². The van der Waals surface area contributed by atoms with E-state index in [-0.39, 0.29) is 41.9 Å². The van der Waals surface area contributed by atoms with Gasteiger partial charge in [-0.05, 0) is 17.7 Å². The zero-order valence-electron chi connectivity index (χ0n) is 15.9. The van der Waals surface area contributed by atoms with Crippen LogP contribution < -0.4 is 5.56 Å². The number of methoxy groups -OCH3 is 1. The number of hydrogen-bond donors (Lipinski definition) is 1. The van der Waals surface area contributed by atoms with Crippen LogP contribution in [-0.2, 0) is 9.53 Å². The third-order valence-corrected chi connectivity index (χ3v) is 5.64. The summed E-state index contributed by atoms with van der Waals surface area (Å²) in [5.74, 6) is -1.03. The van der Waals surface area contributed by atoms with Crippen LogP contribution in [0.15, 0.2) is 41.5 Å². The highest BCUT2D eigenvalue weighted by Crippen LogP contribution is 2.45. The lowest BCUT2D eigenvalue weighted by Crippen LogP contribution is -2.40. The molecule has 1 aromatic carbocycles. The molecule has 1 aromatic heterocycles. The standard InChI is InChI=1S/C20H21FN4O4/c1-29-11-16(26)25-9-13-8-24(20(28)17-19(27)23-6-5-22-17)10-15(13)18(25)12-3-2-4-14(21)7-12/h2-7,13,15,18H,8-11H2,1H3,(H,23,27)/t13-,15-,18+/m1/s1. The largest absolute Gasteiger partial charge is 0.375 e. The van der Waals surface area contributed by atoms with Gasteiger partial charge in [0.2, 0.25) is 5.91 Å². The van der Waals surface area contributed by atoms with Crippen molar-refractivity contribution in [3.8, 4) is 0 Å². The normalized spacial score (nSPS) is 23.3. The van der Waals surface area contributed by atoms with Crippen LogP contribution in [0.1, 0.15) is 22.1 Å². The fourth-order valence-electron chi connectivity index (χ4n) is 4.45. The van der Waals surface area contributed by atoms with Crippen molar-refractivity contribution in [3.05, 3.63) is 64.1 Å². The number of benzene rings is 1. The second-order valence-electron chi connectivity index (χ2n) is 7.38. The highest BCUT2D eigenvalue weighted by molar-refractivity contribution is 5.92. The lowest BCUT2D eigenvalue weighted by Gasteiger charge is -2.29. The molecule has 2 amide bonds. The van der Waals surface area contributed by atoms with Crippen LogP contribution in [0.5, 0.6) is 0 Å². The summed E-state index contributed by atoms with van der Waals surface area (Å²) in [7, 11) is 1.46. The molecular weight excluding hydrogens is 379 g/mol. The fraction of sp³-hybridized carbons (Fsp3) is 0.400. The average molecular weight is 400 g/mol. The number of aromatic amines is 1. The molecule has 8 nitrogen and oxygen atoms in total. The van der Waals surface area contributed by atoms with Crippen molar-refractivity contribution in [2.45, 2.75) is 6.04 Å². The number of carbonyl (C=O) groups excluding carboxylic acids is 2. The Balaban J connectivity index is 1.62. The van der Waals surface area contributed by atoms with Crippen molar-refractivity contribution < 1.29 is 18.7 Å². The molecule has 2 aromatic rings. The third-order valence-electron chi connectivity index (χ3n) is 5.64. The Morgan fingerprint density at radius 2 is 2.14 bits per heavy atom. The molecule has 4 rings (SSSR count). The summed E-state index contributed by atoms with van der Waals surface area (Å²) in [5, 5.41) is 0. The van der Waals surface area contributed by atoms with Gasteiger partial charge in [0.05, 0.1) is 6.04 Å². The lowest BCUT2D eigenvalue weighted by atomic mass is 9.89. The van der Waals surface area contributed by atoms with Gasteiger partial charge in [0.1, 0.15) is 12.4 Å². The molecule has 2 saturated heterocycles. The zero-order valence-corrected chi connectivity index (χ0v) is 15.9. The maximum Gasteiger partial charge on any atom is 0.279 e. The Morgan fingerprint density at radius 1 is 1.31 bits per heavy atom. The molecule has 3 heterocycles. The predicted octanol–water partition coefficient (Wildman–Crippen LogP) is 0.827. The van der Waals surface area contributed by atoms with Gasteiger partial charge < -0.3 is 19.5 Å². The topological polar surface area (TPSA) is 95.6 Å². The first-order chi connectivity index (χ1) is 14.0. The Hall–Kier alpha value is -3.07. The molecule has 9 heteroatoms. The maximum atomic E-state index is 13.9. The molecule has 2 aliphatic rings. The summed E-state index contributed by atoms with van der Waals surface area (Å²) < 4.78 is 18.9. The molecule has 1 N–H and O–H groups in total. The number of H-pyrrole nitrogens is 1. The summed E-state index contributed by atoms with van der Waals surface area (Å²) >= 11 is 0. The predicted molar refractivity (Wildman–Crippen MR) is 100 cm³/mol. The van der Waals surface area contributed by atoms with Crippen LogP contribution in [0.2, 0.25) is 0 Å². The minimum atomic E-state index is -0.534. The molecule has 0 aliphatic carbocycles. The van der Waals surface area contributed by atoms with Gasteiger partial charge in [-0.1, -0.05) is 12.1 Å². The number of nitrogens with zero attached hydrogens (tertiary/aromatic N) is 3. The van der Waals surface area contributed by atoms with Gasteiger partial charge in [-0.25, -0.2) is 9.37 Å². The van der Waals surface area contributed by atoms with Crippen LogP contribution in [0, 0.1) is 17.7 Å². The molecule has 0 unspecified atom stereocenters. The second kappa shape index (κ2) is 7.75. The van der Waals surface area contributed by atoms with E-state index in [1.165, 1.54) is 31.6 Å². The number of rotatable bonds is 4. The first-order valence-corrected chi connectivity index (χ1v) is 9.36. The SMILES string of the molecule is COCC(=O)N1C[C@H]2CN(C(=O)c3ncc[nH]c3=O)C[C@H]2[C@@H]1c1cccc(F)c1. The van der Waals surface area contributed by atoms with Crippen LogP contribution in [-0.4, -0.2) is 64.9 Å². The molecule has 152 valence electrons. The quantitative estimate of drug-likeness (QED) is 0.820. The van der Waals surface area contributed by atoms with E-state index < -0.39 is 11.5 Å². The molecule has 2 fully saturated rings. The first kappa shape index (κ1) is 19.3. The highest BCUT2D eigenvalue weighted by Gasteiger charge is 2.50. The van der Waals surface area contributed by atoms with E-state index >= 15 is 0 Å². The Kier molecular flexibility index (Phi) is 5.14. The Morgan fingerprint density at radius 3 is 2.86 bits per heavy atom. The number of aromatic nitrogens is 2. The molecule has 0 radical (unpaired) electrons. The number of likely N-dealkylation sites (tertiary alicyclic amines) is 2. The number of ether oxygens (including phenoxy) is 1. The summed E-state index contributed by atoms with van der Waals surface area (Å²) in [5.41, 5.74) is 0.00201. The van der Waals surface area contributed by atoms with Crippen molar-refractivity contribution >= 4 is 11.8 Å². The number of nitrogens with one attached hydrogen (secondary N) is 1. The molecule has 3 atom stereocenters. The molecular formula is C20H21FN4O4. The molecule has 0 bridgehead atoms. The van der Waals surface area contributed by atoms with Crippen LogP contribution in [0.25, 0.3) is 0 Å². The van der Waals surface area contributed by atoms with E-state index in [0.29, 0.717) is 25.2 Å². The number of halogens is 1. The smallest absolute Gasteiger partial charge is 0.279 e. The minimum absolute atomic E-state index is 0.0239. The molecule has 0 saturated carbocycles. The summed E-state index contributed by atoms with van der Waals surface area (Å²) in [4.78, 5) is 47.0. The number of amides is 2. The van der Waals surface area contributed by atoms with Gasteiger partial charge >= 0.3 is 0 Å². The molecule has 2 aliphatic heterocycles.